The molecule has 1 aromatic rings. The number of carbonyl (C=O) groups is 3. The molecule has 0 unspecified atom stereocenters. The minimum absolute atomic E-state index is 0.221. The standard InChI is InChI=1S/C17H25N3O3/c1-11(2)9-15(19-12(3)21)17(23)20-14(16(18)22)10-13-7-5-4-6-8-13/h4-8,11,14-15H,9-10H2,1-3H3,(H2,18,22)(H,19,21)(H,20,23)/t14-,15+/m0/s1. The van der Waals surface area contributed by atoms with Crippen LogP contribution in [0.5, 0.6) is 0 Å². The van der Waals surface area contributed by atoms with Crippen LogP contribution in [0.1, 0.15) is 32.8 Å². The summed E-state index contributed by atoms with van der Waals surface area (Å²) in [6.45, 7) is 5.27. The van der Waals surface area contributed by atoms with Gasteiger partial charge in [0.25, 0.3) is 0 Å². The summed E-state index contributed by atoms with van der Waals surface area (Å²) >= 11 is 0. The summed E-state index contributed by atoms with van der Waals surface area (Å²) in [7, 11) is 0. The Morgan fingerprint density at radius 2 is 1.65 bits per heavy atom. The molecule has 0 bridgehead atoms. The molecule has 0 aliphatic heterocycles. The van der Waals surface area contributed by atoms with E-state index in [0.29, 0.717) is 12.8 Å². The highest BCUT2D eigenvalue weighted by atomic mass is 16.2. The number of nitrogens with two attached hydrogens (primary N) is 1. The minimum Gasteiger partial charge on any atom is -0.368 e. The first-order valence-electron chi connectivity index (χ1n) is 7.70. The third kappa shape index (κ3) is 6.95. The molecule has 0 fully saturated rings. The number of hydrogen-bond acceptors (Lipinski definition) is 3. The van der Waals surface area contributed by atoms with Crippen molar-refractivity contribution in [1.82, 2.24) is 10.6 Å². The van der Waals surface area contributed by atoms with Gasteiger partial charge in [0.1, 0.15) is 12.1 Å². The maximum absolute atomic E-state index is 12.4. The van der Waals surface area contributed by atoms with Crippen LogP contribution in [0, 0.1) is 5.92 Å². The van der Waals surface area contributed by atoms with Crippen LogP contribution < -0.4 is 16.4 Å². The van der Waals surface area contributed by atoms with E-state index in [-0.39, 0.29) is 11.8 Å². The fourth-order valence-corrected chi connectivity index (χ4v) is 2.29. The van der Waals surface area contributed by atoms with E-state index in [0.717, 1.165) is 5.56 Å². The first-order chi connectivity index (χ1) is 10.8. The highest BCUT2D eigenvalue weighted by Gasteiger charge is 2.25. The summed E-state index contributed by atoms with van der Waals surface area (Å²) in [6.07, 6.45) is 0.804. The van der Waals surface area contributed by atoms with Gasteiger partial charge < -0.3 is 16.4 Å². The fourth-order valence-electron chi connectivity index (χ4n) is 2.29. The first-order valence-corrected chi connectivity index (χ1v) is 7.70. The predicted octanol–water partition coefficient (Wildman–Crippen LogP) is 0.750. The van der Waals surface area contributed by atoms with Gasteiger partial charge in [0.2, 0.25) is 17.7 Å². The highest BCUT2D eigenvalue weighted by molar-refractivity contribution is 5.91. The van der Waals surface area contributed by atoms with Crippen LogP contribution in [-0.2, 0) is 20.8 Å². The van der Waals surface area contributed by atoms with Gasteiger partial charge in [-0.1, -0.05) is 44.2 Å². The van der Waals surface area contributed by atoms with Gasteiger partial charge in [0.15, 0.2) is 0 Å². The van der Waals surface area contributed by atoms with Gasteiger partial charge in [-0.3, -0.25) is 14.4 Å². The SMILES string of the molecule is CC(=O)N[C@H](CC(C)C)C(=O)N[C@@H](Cc1ccccc1)C(N)=O. The third-order valence-electron chi connectivity index (χ3n) is 3.34. The normalized spacial score (nSPS) is 13.2. The number of primary amides is 1. The molecule has 0 saturated heterocycles. The van der Waals surface area contributed by atoms with Crippen molar-refractivity contribution in [3.8, 4) is 0 Å². The van der Waals surface area contributed by atoms with E-state index < -0.39 is 23.9 Å². The maximum atomic E-state index is 12.4. The van der Waals surface area contributed by atoms with Crippen LogP contribution in [0.2, 0.25) is 0 Å². The zero-order chi connectivity index (χ0) is 17.4. The van der Waals surface area contributed by atoms with Crippen molar-refractivity contribution >= 4 is 17.7 Å². The summed E-state index contributed by atoms with van der Waals surface area (Å²) in [6, 6.07) is 7.82. The lowest BCUT2D eigenvalue weighted by Crippen LogP contribution is -2.53. The lowest BCUT2D eigenvalue weighted by atomic mass is 10.0. The topological polar surface area (TPSA) is 101 Å². The molecule has 0 radical (unpaired) electrons. The monoisotopic (exact) mass is 319 g/mol. The lowest BCUT2D eigenvalue weighted by Gasteiger charge is -2.22. The second-order valence-electron chi connectivity index (χ2n) is 6.04. The second-order valence-corrected chi connectivity index (χ2v) is 6.04. The zero-order valence-electron chi connectivity index (χ0n) is 13.8. The van der Waals surface area contributed by atoms with Crippen molar-refractivity contribution in [2.45, 2.75) is 45.7 Å². The van der Waals surface area contributed by atoms with E-state index in [1.54, 1.807) is 0 Å². The molecule has 23 heavy (non-hydrogen) atoms. The summed E-state index contributed by atoms with van der Waals surface area (Å²) in [5.41, 5.74) is 6.29. The fraction of sp³-hybridized carbons (Fsp3) is 0.471. The molecular weight excluding hydrogens is 294 g/mol. The zero-order valence-corrected chi connectivity index (χ0v) is 13.8. The summed E-state index contributed by atoms with van der Waals surface area (Å²) in [5, 5.41) is 5.26. The van der Waals surface area contributed by atoms with Gasteiger partial charge in [-0.05, 0) is 17.9 Å². The molecule has 0 aliphatic carbocycles. The molecule has 126 valence electrons. The third-order valence-corrected chi connectivity index (χ3v) is 3.34. The summed E-state index contributed by atoms with van der Waals surface area (Å²) in [5.74, 6) is -1.06. The molecule has 6 nitrogen and oxygen atoms in total. The quantitative estimate of drug-likeness (QED) is 0.659. The Labute approximate surface area is 136 Å². The largest absolute Gasteiger partial charge is 0.368 e. The van der Waals surface area contributed by atoms with E-state index in [2.05, 4.69) is 10.6 Å². The number of hydrogen-bond donors (Lipinski definition) is 3. The Hall–Kier alpha value is -2.37. The molecule has 0 saturated carbocycles. The average molecular weight is 319 g/mol. The summed E-state index contributed by atoms with van der Waals surface area (Å²) < 4.78 is 0. The van der Waals surface area contributed by atoms with Crippen molar-refractivity contribution in [2.24, 2.45) is 11.7 Å². The van der Waals surface area contributed by atoms with E-state index in [1.165, 1.54) is 6.92 Å². The Morgan fingerprint density at radius 3 is 2.13 bits per heavy atom. The molecule has 3 amide bonds. The molecular formula is C17H25N3O3. The van der Waals surface area contributed by atoms with Gasteiger partial charge in [0.05, 0.1) is 0 Å². The van der Waals surface area contributed by atoms with Gasteiger partial charge in [0, 0.05) is 13.3 Å². The number of benzene rings is 1. The molecule has 0 heterocycles. The maximum Gasteiger partial charge on any atom is 0.243 e. The van der Waals surface area contributed by atoms with E-state index in [4.69, 9.17) is 5.73 Å². The molecule has 1 aromatic carbocycles. The number of amides is 3. The van der Waals surface area contributed by atoms with Crippen molar-refractivity contribution < 1.29 is 14.4 Å². The lowest BCUT2D eigenvalue weighted by molar-refractivity contribution is -0.131. The Balaban J connectivity index is 2.78. The van der Waals surface area contributed by atoms with Gasteiger partial charge in [-0.25, -0.2) is 0 Å². The van der Waals surface area contributed by atoms with E-state index in [9.17, 15) is 14.4 Å². The van der Waals surface area contributed by atoms with E-state index >= 15 is 0 Å². The van der Waals surface area contributed by atoms with E-state index in [1.807, 2.05) is 44.2 Å². The van der Waals surface area contributed by atoms with Crippen LogP contribution in [0.25, 0.3) is 0 Å². The smallest absolute Gasteiger partial charge is 0.243 e. The van der Waals surface area contributed by atoms with Gasteiger partial charge >= 0.3 is 0 Å². The van der Waals surface area contributed by atoms with Gasteiger partial charge in [-0.2, -0.15) is 0 Å². The second kappa shape index (κ2) is 8.92. The van der Waals surface area contributed by atoms with Crippen LogP contribution in [0.15, 0.2) is 30.3 Å². The van der Waals surface area contributed by atoms with Crippen LogP contribution >= 0.6 is 0 Å². The highest BCUT2D eigenvalue weighted by Crippen LogP contribution is 2.07. The molecule has 2 atom stereocenters. The Bertz CT molecular complexity index is 543. The van der Waals surface area contributed by atoms with Crippen LogP contribution in [0.4, 0.5) is 0 Å². The van der Waals surface area contributed by atoms with Crippen molar-refractivity contribution in [3.05, 3.63) is 35.9 Å². The van der Waals surface area contributed by atoms with Crippen LogP contribution in [-0.4, -0.2) is 29.8 Å². The molecule has 0 aliphatic rings. The number of rotatable bonds is 8. The summed E-state index contributed by atoms with van der Waals surface area (Å²) in [4.78, 5) is 35.3. The average Bonchev–Trinajstić information content (AvgIpc) is 2.45. The number of carbonyl (C=O) groups excluding carboxylic acids is 3. The molecule has 4 N–H and O–H groups in total. The molecule has 1 rings (SSSR count). The molecule has 0 spiro atoms. The van der Waals surface area contributed by atoms with Crippen molar-refractivity contribution in [2.75, 3.05) is 0 Å². The van der Waals surface area contributed by atoms with Crippen molar-refractivity contribution in [1.29, 1.82) is 0 Å². The Morgan fingerprint density at radius 1 is 1.04 bits per heavy atom. The minimum atomic E-state index is -0.812. The molecule has 6 heteroatoms. The van der Waals surface area contributed by atoms with Crippen molar-refractivity contribution in [3.63, 3.8) is 0 Å². The number of nitrogens with one attached hydrogen (secondary N) is 2. The predicted molar refractivity (Wildman–Crippen MR) is 88.3 cm³/mol. The van der Waals surface area contributed by atoms with Crippen LogP contribution in [0.3, 0.4) is 0 Å². The first kappa shape index (κ1) is 18.7. The Kier molecular flexibility index (Phi) is 7.25. The van der Waals surface area contributed by atoms with Gasteiger partial charge in [-0.15, -0.1) is 0 Å². The molecule has 0 aromatic heterocycles.